The van der Waals surface area contributed by atoms with Crippen LogP contribution in [0.1, 0.15) is 37.8 Å². The number of benzene rings is 1. The molecule has 0 radical (unpaired) electrons. The van der Waals surface area contributed by atoms with Crippen LogP contribution in [0.25, 0.3) is 0 Å². The molecule has 2 saturated heterocycles. The number of ether oxygens (including phenoxy) is 1. The van der Waals surface area contributed by atoms with Crippen molar-refractivity contribution in [1.29, 1.82) is 0 Å². The van der Waals surface area contributed by atoms with Gasteiger partial charge >= 0.3 is 12.0 Å². The number of carbonyl (C=O) groups excluding carboxylic acids is 1. The molecule has 2 heterocycles. The molecule has 4 atom stereocenters. The van der Waals surface area contributed by atoms with Gasteiger partial charge in [-0.25, -0.2) is 4.79 Å². The highest BCUT2D eigenvalue weighted by molar-refractivity contribution is 5.77. The summed E-state index contributed by atoms with van der Waals surface area (Å²) in [5.74, 6) is -0.679. The Morgan fingerprint density at radius 2 is 2.08 bits per heavy atom. The van der Waals surface area contributed by atoms with Gasteiger partial charge in [0.25, 0.3) is 0 Å². The van der Waals surface area contributed by atoms with Gasteiger partial charge < -0.3 is 20.1 Å². The van der Waals surface area contributed by atoms with Crippen LogP contribution in [0.2, 0.25) is 0 Å². The summed E-state index contributed by atoms with van der Waals surface area (Å²) in [5, 5.41) is 12.5. The smallest absolute Gasteiger partial charge is 0.317 e. The van der Waals surface area contributed by atoms with Gasteiger partial charge in [-0.2, -0.15) is 0 Å². The Kier molecular flexibility index (Phi) is 6.14. The number of urea groups is 1. The number of hydrogen-bond acceptors (Lipinski definition) is 3. The first kappa shape index (κ1) is 18.7. The molecule has 2 aliphatic heterocycles. The summed E-state index contributed by atoms with van der Waals surface area (Å²) in [6, 6.07) is 9.71. The van der Waals surface area contributed by atoms with Crippen molar-refractivity contribution in [3.63, 3.8) is 0 Å². The first-order chi connectivity index (χ1) is 12.5. The van der Waals surface area contributed by atoms with E-state index in [-0.39, 0.29) is 24.5 Å². The van der Waals surface area contributed by atoms with Gasteiger partial charge in [-0.15, -0.1) is 0 Å². The summed E-state index contributed by atoms with van der Waals surface area (Å²) < 4.78 is 5.48. The Hall–Kier alpha value is -2.08. The molecule has 1 aromatic rings. The zero-order chi connectivity index (χ0) is 18.5. The van der Waals surface area contributed by atoms with Crippen molar-refractivity contribution in [3.8, 4) is 0 Å². The summed E-state index contributed by atoms with van der Waals surface area (Å²) in [7, 11) is 0. The van der Waals surface area contributed by atoms with Gasteiger partial charge in [0, 0.05) is 26.3 Å². The molecule has 0 bridgehead atoms. The molecule has 1 aromatic carbocycles. The Bertz CT molecular complexity index is 615. The third-order valence-electron chi connectivity index (χ3n) is 5.39. The second-order valence-electron chi connectivity index (χ2n) is 7.66. The van der Waals surface area contributed by atoms with Crippen molar-refractivity contribution in [2.75, 3.05) is 26.3 Å². The monoisotopic (exact) mass is 360 g/mol. The lowest BCUT2D eigenvalue weighted by Crippen LogP contribution is -2.50. The zero-order valence-electron chi connectivity index (χ0n) is 15.3. The van der Waals surface area contributed by atoms with Gasteiger partial charge in [-0.05, 0) is 36.7 Å². The first-order valence-corrected chi connectivity index (χ1v) is 9.44. The summed E-state index contributed by atoms with van der Waals surface area (Å²) in [4.78, 5) is 25.9. The molecule has 2 fully saturated rings. The van der Waals surface area contributed by atoms with Crippen LogP contribution in [0.15, 0.2) is 30.3 Å². The molecule has 0 aromatic heterocycles. The van der Waals surface area contributed by atoms with E-state index in [1.54, 1.807) is 4.90 Å². The lowest BCUT2D eigenvalue weighted by Gasteiger charge is -2.36. The van der Waals surface area contributed by atoms with Crippen LogP contribution in [-0.2, 0) is 9.53 Å². The SMILES string of the molecule is CC1CC(C(=O)O)CN(C(=O)NC(CC2CCOC2)c2ccccc2)C1. The number of amides is 2. The maximum atomic E-state index is 12.9. The van der Waals surface area contributed by atoms with Crippen molar-refractivity contribution in [3.05, 3.63) is 35.9 Å². The molecule has 6 heteroatoms. The standard InChI is InChI=1S/C20H28N2O4/c1-14-9-17(19(23)24)12-22(11-14)20(25)21-18(10-15-7-8-26-13-15)16-5-3-2-4-6-16/h2-6,14-15,17-18H,7-13H2,1H3,(H,21,25)(H,23,24). The minimum Gasteiger partial charge on any atom is -0.481 e. The van der Waals surface area contributed by atoms with Crippen LogP contribution >= 0.6 is 0 Å². The van der Waals surface area contributed by atoms with Gasteiger partial charge in [-0.3, -0.25) is 4.79 Å². The maximum Gasteiger partial charge on any atom is 0.317 e. The number of rotatable bonds is 5. The first-order valence-electron chi connectivity index (χ1n) is 9.44. The van der Waals surface area contributed by atoms with Gasteiger partial charge in [0.1, 0.15) is 0 Å². The lowest BCUT2D eigenvalue weighted by molar-refractivity contribution is -0.143. The van der Waals surface area contributed by atoms with E-state index in [0.717, 1.165) is 31.6 Å². The van der Waals surface area contributed by atoms with Crippen molar-refractivity contribution in [2.45, 2.75) is 32.2 Å². The molecule has 2 aliphatic rings. The third kappa shape index (κ3) is 4.75. The number of hydrogen-bond donors (Lipinski definition) is 2. The van der Waals surface area contributed by atoms with E-state index in [2.05, 4.69) is 5.32 Å². The average molecular weight is 360 g/mol. The molecule has 0 saturated carbocycles. The topological polar surface area (TPSA) is 78.9 Å². The third-order valence-corrected chi connectivity index (χ3v) is 5.39. The maximum absolute atomic E-state index is 12.9. The van der Waals surface area contributed by atoms with E-state index in [4.69, 9.17) is 4.74 Å². The van der Waals surface area contributed by atoms with Gasteiger partial charge in [0.05, 0.1) is 12.0 Å². The molecular weight excluding hydrogens is 332 g/mol. The minimum absolute atomic E-state index is 0.0871. The summed E-state index contributed by atoms with van der Waals surface area (Å²) in [6.07, 6.45) is 2.48. The number of carboxylic acids is 1. The number of nitrogens with zero attached hydrogens (tertiary/aromatic N) is 1. The summed E-state index contributed by atoms with van der Waals surface area (Å²) >= 11 is 0. The second-order valence-corrected chi connectivity index (χ2v) is 7.66. The molecule has 3 rings (SSSR count). The summed E-state index contributed by atoms with van der Waals surface area (Å²) in [6.45, 7) is 4.40. The number of carbonyl (C=O) groups is 2. The van der Waals surface area contributed by atoms with E-state index >= 15 is 0 Å². The largest absolute Gasteiger partial charge is 0.481 e. The highest BCUT2D eigenvalue weighted by Gasteiger charge is 2.33. The van der Waals surface area contributed by atoms with E-state index in [0.29, 0.717) is 18.9 Å². The predicted octanol–water partition coefficient (Wildman–Crippen LogP) is 2.91. The van der Waals surface area contributed by atoms with Crippen molar-refractivity contribution in [1.82, 2.24) is 10.2 Å². The van der Waals surface area contributed by atoms with Crippen LogP contribution in [0.5, 0.6) is 0 Å². The van der Waals surface area contributed by atoms with Gasteiger partial charge in [-0.1, -0.05) is 37.3 Å². The molecular formula is C20H28N2O4. The molecule has 0 aliphatic carbocycles. The molecule has 4 unspecified atom stereocenters. The van der Waals surface area contributed by atoms with Crippen molar-refractivity contribution >= 4 is 12.0 Å². The van der Waals surface area contributed by atoms with Gasteiger partial charge in [0.15, 0.2) is 0 Å². The number of aliphatic carboxylic acids is 1. The number of carboxylic acid groups (broad SMARTS) is 1. The zero-order valence-corrected chi connectivity index (χ0v) is 15.3. The fraction of sp³-hybridized carbons (Fsp3) is 0.600. The Morgan fingerprint density at radius 3 is 2.73 bits per heavy atom. The van der Waals surface area contributed by atoms with E-state index in [1.807, 2.05) is 37.3 Å². The van der Waals surface area contributed by atoms with E-state index < -0.39 is 11.9 Å². The minimum atomic E-state index is -0.822. The Morgan fingerprint density at radius 1 is 1.31 bits per heavy atom. The van der Waals surface area contributed by atoms with Crippen LogP contribution in [0, 0.1) is 17.8 Å². The highest BCUT2D eigenvalue weighted by atomic mass is 16.5. The van der Waals surface area contributed by atoms with Crippen LogP contribution in [0.4, 0.5) is 4.79 Å². The van der Waals surface area contributed by atoms with Crippen LogP contribution < -0.4 is 5.32 Å². The van der Waals surface area contributed by atoms with E-state index in [9.17, 15) is 14.7 Å². The van der Waals surface area contributed by atoms with Crippen LogP contribution in [-0.4, -0.2) is 48.3 Å². The van der Waals surface area contributed by atoms with Crippen LogP contribution in [0.3, 0.4) is 0 Å². The van der Waals surface area contributed by atoms with Gasteiger partial charge in [0.2, 0.25) is 0 Å². The fourth-order valence-corrected chi connectivity index (χ4v) is 4.00. The van der Waals surface area contributed by atoms with E-state index in [1.165, 1.54) is 0 Å². The quantitative estimate of drug-likeness (QED) is 0.846. The Balaban J connectivity index is 1.68. The number of likely N-dealkylation sites (tertiary alicyclic amines) is 1. The molecule has 2 amide bonds. The Labute approximate surface area is 154 Å². The normalized spacial score (nSPS) is 27.1. The van der Waals surface area contributed by atoms with Crippen molar-refractivity contribution in [2.24, 2.45) is 17.8 Å². The molecule has 26 heavy (non-hydrogen) atoms. The number of nitrogens with one attached hydrogen (secondary N) is 1. The highest BCUT2D eigenvalue weighted by Crippen LogP contribution is 2.28. The molecule has 0 spiro atoms. The number of piperidine rings is 1. The average Bonchev–Trinajstić information content (AvgIpc) is 3.14. The fourth-order valence-electron chi connectivity index (χ4n) is 4.00. The molecule has 2 N–H and O–H groups in total. The van der Waals surface area contributed by atoms with Crippen molar-refractivity contribution < 1.29 is 19.4 Å². The predicted molar refractivity (Wildman–Crippen MR) is 97.7 cm³/mol. The summed E-state index contributed by atoms with van der Waals surface area (Å²) in [5.41, 5.74) is 1.08. The lowest BCUT2D eigenvalue weighted by atomic mass is 9.90. The molecule has 142 valence electrons. The molecule has 6 nitrogen and oxygen atoms in total. The second kappa shape index (κ2) is 8.54.